The van der Waals surface area contributed by atoms with Crippen molar-refractivity contribution in [3.05, 3.63) is 41.0 Å². The number of nitrogens with zero attached hydrogens (tertiary/aromatic N) is 3. The number of benzene rings is 1. The minimum atomic E-state index is 0.237. The van der Waals surface area contributed by atoms with Crippen molar-refractivity contribution in [1.82, 2.24) is 14.8 Å². The molecule has 27 heavy (non-hydrogen) atoms. The summed E-state index contributed by atoms with van der Waals surface area (Å²) >= 11 is 0. The van der Waals surface area contributed by atoms with E-state index in [0.717, 1.165) is 41.4 Å². The van der Waals surface area contributed by atoms with Gasteiger partial charge in [-0.25, -0.2) is 0 Å². The van der Waals surface area contributed by atoms with Crippen molar-refractivity contribution >= 4 is 5.78 Å². The molecule has 0 atom stereocenters. The molecule has 3 rings (SSSR count). The summed E-state index contributed by atoms with van der Waals surface area (Å²) in [4.78, 5) is 12.6. The van der Waals surface area contributed by atoms with Gasteiger partial charge in [-0.05, 0) is 55.4 Å². The topological polar surface area (TPSA) is 57.0 Å². The summed E-state index contributed by atoms with van der Waals surface area (Å²) in [6.45, 7) is 6.50. The molecular weight excluding hydrogens is 338 g/mol. The first-order valence-electron chi connectivity index (χ1n) is 10.1. The van der Waals surface area contributed by atoms with Crippen LogP contribution >= 0.6 is 0 Å². The van der Waals surface area contributed by atoms with Gasteiger partial charge in [0.15, 0.2) is 0 Å². The van der Waals surface area contributed by atoms with Crippen molar-refractivity contribution in [3.8, 4) is 5.75 Å². The van der Waals surface area contributed by atoms with Crippen LogP contribution < -0.4 is 4.74 Å². The second-order valence-electron chi connectivity index (χ2n) is 8.07. The fraction of sp³-hybridized carbons (Fsp3) is 0.591. The molecule has 0 aliphatic heterocycles. The average Bonchev–Trinajstić information content (AvgIpc) is 3.40. The molecule has 1 aromatic carbocycles. The molecule has 0 spiro atoms. The van der Waals surface area contributed by atoms with Crippen LogP contribution in [0.15, 0.2) is 18.2 Å². The van der Waals surface area contributed by atoms with Gasteiger partial charge in [-0.3, -0.25) is 4.79 Å². The van der Waals surface area contributed by atoms with Gasteiger partial charge in [-0.2, -0.15) is 0 Å². The van der Waals surface area contributed by atoms with Crippen LogP contribution in [-0.4, -0.2) is 27.7 Å². The Morgan fingerprint density at radius 1 is 1.22 bits per heavy atom. The van der Waals surface area contributed by atoms with Crippen LogP contribution in [0.1, 0.15) is 68.3 Å². The lowest BCUT2D eigenvalue weighted by Gasteiger charge is -2.10. The Morgan fingerprint density at radius 2 is 1.93 bits per heavy atom. The van der Waals surface area contributed by atoms with Crippen LogP contribution in [0.4, 0.5) is 0 Å². The van der Waals surface area contributed by atoms with Gasteiger partial charge in [-0.1, -0.05) is 19.9 Å². The van der Waals surface area contributed by atoms with E-state index in [2.05, 4.69) is 28.6 Å². The first kappa shape index (κ1) is 19.6. The number of methoxy groups -OCH3 is 1. The monoisotopic (exact) mass is 369 g/mol. The summed E-state index contributed by atoms with van der Waals surface area (Å²) in [5.74, 6) is 3.77. The highest BCUT2D eigenvalue weighted by Gasteiger charge is 2.29. The van der Waals surface area contributed by atoms with Gasteiger partial charge >= 0.3 is 0 Å². The highest BCUT2D eigenvalue weighted by molar-refractivity contribution is 5.81. The van der Waals surface area contributed by atoms with Crippen LogP contribution in [0.2, 0.25) is 0 Å². The molecule has 0 N–H and O–H groups in total. The molecule has 1 aliphatic rings. The fourth-order valence-electron chi connectivity index (χ4n) is 3.39. The van der Waals surface area contributed by atoms with Crippen molar-refractivity contribution in [1.29, 1.82) is 0 Å². The molecule has 1 aliphatic carbocycles. The average molecular weight is 370 g/mol. The van der Waals surface area contributed by atoms with Crippen LogP contribution in [-0.2, 0) is 24.1 Å². The Morgan fingerprint density at radius 3 is 2.56 bits per heavy atom. The number of ether oxygens (including phenoxy) is 1. The van der Waals surface area contributed by atoms with E-state index in [-0.39, 0.29) is 5.78 Å². The van der Waals surface area contributed by atoms with Crippen LogP contribution in [0, 0.1) is 12.8 Å². The number of hydrogen-bond acceptors (Lipinski definition) is 4. The minimum Gasteiger partial charge on any atom is -0.497 e. The maximum atomic E-state index is 12.6. The zero-order chi connectivity index (χ0) is 19.4. The van der Waals surface area contributed by atoms with E-state index in [1.165, 1.54) is 12.8 Å². The predicted molar refractivity (Wildman–Crippen MR) is 106 cm³/mol. The number of carbonyl (C=O) groups is 1. The predicted octanol–water partition coefficient (Wildman–Crippen LogP) is 4.26. The van der Waals surface area contributed by atoms with Crippen LogP contribution in [0.25, 0.3) is 0 Å². The largest absolute Gasteiger partial charge is 0.497 e. The summed E-state index contributed by atoms with van der Waals surface area (Å²) in [6.07, 6.45) is 6.13. The standard InChI is InChI=1S/C22H31N3O2/c1-15(2)5-11-21-23-24-22(25(21)18-7-8-18)12-9-19(26)13-17-14-20(27-4)10-6-16(17)3/h6,10,14-15,18H,5,7-9,11-13H2,1-4H3. The lowest BCUT2D eigenvalue weighted by Crippen LogP contribution is -2.11. The maximum Gasteiger partial charge on any atom is 0.137 e. The van der Waals surface area contributed by atoms with E-state index in [0.29, 0.717) is 31.2 Å². The summed E-state index contributed by atoms with van der Waals surface area (Å²) in [5, 5.41) is 8.85. The van der Waals surface area contributed by atoms with E-state index in [1.807, 2.05) is 25.1 Å². The van der Waals surface area contributed by atoms with Gasteiger partial charge in [0, 0.05) is 31.7 Å². The molecule has 0 radical (unpaired) electrons. The normalized spacial score (nSPS) is 14.0. The molecule has 5 nitrogen and oxygen atoms in total. The van der Waals surface area contributed by atoms with E-state index in [9.17, 15) is 4.79 Å². The number of rotatable bonds is 10. The number of aromatic nitrogens is 3. The SMILES string of the molecule is COc1ccc(C)c(CC(=O)CCc2nnc(CCC(C)C)n2C2CC2)c1. The smallest absolute Gasteiger partial charge is 0.137 e. The molecular formula is C22H31N3O2. The van der Waals surface area contributed by atoms with Gasteiger partial charge in [0.25, 0.3) is 0 Å². The van der Waals surface area contributed by atoms with E-state index in [1.54, 1.807) is 7.11 Å². The molecule has 146 valence electrons. The Hall–Kier alpha value is -2.17. The van der Waals surface area contributed by atoms with Gasteiger partial charge in [0.05, 0.1) is 7.11 Å². The minimum absolute atomic E-state index is 0.237. The second-order valence-corrected chi connectivity index (χ2v) is 8.07. The van der Waals surface area contributed by atoms with Crippen molar-refractivity contribution in [2.24, 2.45) is 5.92 Å². The molecule has 5 heteroatoms. The van der Waals surface area contributed by atoms with Crippen molar-refractivity contribution < 1.29 is 9.53 Å². The highest BCUT2D eigenvalue weighted by Crippen LogP contribution is 2.37. The van der Waals surface area contributed by atoms with E-state index < -0.39 is 0 Å². The Bertz CT molecular complexity index is 791. The van der Waals surface area contributed by atoms with Gasteiger partial charge < -0.3 is 9.30 Å². The Balaban J connectivity index is 1.62. The van der Waals surface area contributed by atoms with Crippen molar-refractivity contribution in [2.75, 3.05) is 7.11 Å². The van der Waals surface area contributed by atoms with Crippen molar-refractivity contribution in [3.63, 3.8) is 0 Å². The Labute approximate surface area is 162 Å². The van der Waals surface area contributed by atoms with E-state index in [4.69, 9.17) is 4.74 Å². The second kappa shape index (κ2) is 8.68. The quantitative estimate of drug-likeness (QED) is 0.628. The first-order valence-corrected chi connectivity index (χ1v) is 10.1. The zero-order valence-electron chi connectivity index (χ0n) is 17.0. The third kappa shape index (κ3) is 5.18. The van der Waals surface area contributed by atoms with Crippen molar-refractivity contribution in [2.45, 2.75) is 71.8 Å². The maximum absolute atomic E-state index is 12.6. The number of carbonyl (C=O) groups excluding carboxylic acids is 1. The molecule has 0 unspecified atom stereocenters. The number of ketones is 1. The lowest BCUT2D eigenvalue weighted by atomic mass is 10.0. The van der Waals surface area contributed by atoms with E-state index >= 15 is 0 Å². The lowest BCUT2D eigenvalue weighted by molar-refractivity contribution is -0.118. The van der Waals surface area contributed by atoms with Gasteiger partial charge in [0.1, 0.15) is 23.2 Å². The number of Topliss-reactive ketones (excluding diaryl/α,β-unsaturated/α-hetero) is 1. The molecule has 0 bridgehead atoms. The third-order valence-electron chi connectivity index (χ3n) is 5.27. The summed E-state index contributed by atoms with van der Waals surface area (Å²) in [6, 6.07) is 6.45. The Kier molecular flexibility index (Phi) is 6.30. The van der Waals surface area contributed by atoms with Gasteiger partial charge in [-0.15, -0.1) is 10.2 Å². The van der Waals surface area contributed by atoms with Gasteiger partial charge in [0.2, 0.25) is 0 Å². The number of hydrogen-bond donors (Lipinski definition) is 0. The fourth-order valence-corrected chi connectivity index (χ4v) is 3.39. The molecule has 0 saturated heterocycles. The zero-order valence-corrected chi connectivity index (χ0v) is 17.0. The summed E-state index contributed by atoms with van der Waals surface area (Å²) in [5.41, 5.74) is 2.17. The number of aryl methyl sites for hydroxylation is 3. The highest BCUT2D eigenvalue weighted by atomic mass is 16.5. The first-order chi connectivity index (χ1) is 13.0. The summed E-state index contributed by atoms with van der Waals surface area (Å²) < 4.78 is 7.59. The summed E-state index contributed by atoms with van der Waals surface area (Å²) in [7, 11) is 1.65. The molecule has 2 aromatic rings. The molecule has 1 heterocycles. The molecule has 0 amide bonds. The molecule has 1 saturated carbocycles. The molecule has 1 aromatic heterocycles. The van der Waals surface area contributed by atoms with Crippen LogP contribution in [0.5, 0.6) is 5.75 Å². The third-order valence-corrected chi connectivity index (χ3v) is 5.27. The molecule has 1 fully saturated rings. The van der Waals surface area contributed by atoms with Crippen LogP contribution in [0.3, 0.4) is 0 Å².